The van der Waals surface area contributed by atoms with Crippen LogP contribution in [0, 0.1) is 6.92 Å². The summed E-state index contributed by atoms with van der Waals surface area (Å²) >= 11 is 0. The van der Waals surface area contributed by atoms with Gasteiger partial charge in [0.15, 0.2) is 0 Å². The van der Waals surface area contributed by atoms with Crippen molar-refractivity contribution >= 4 is 22.8 Å². The second-order valence-electron chi connectivity index (χ2n) is 6.87. The number of aromatic amines is 1. The number of benzene rings is 2. The monoisotopic (exact) mass is 364 g/mol. The van der Waals surface area contributed by atoms with E-state index in [0.29, 0.717) is 12.0 Å². The average Bonchev–Trinajstić information content (AvgIpc) is 3.07. The third kappa shape index (κ3) is 3.58. The van der Waals surface area contributed by atoms with Gasteiger partial charge < -0.3 is 15.4 Å². The number of carbonyl (C=O) groups excluding carboxylic acids is 1. The van der Waals surface area contributed by atoms with Crippen molar-refractivity contribution in [1.82, 2.24) is 10.3 Å². The Labute approximate surface area is 158 Å². The molecule has 1 amide bonds. The summed E-state index contributed by atoms with van der Waals surface area (Å²) in [5.74, 6) is -1.12. The van der Waals surface area contributed by atoms with Crippen molar-refractivity contribution in [3.63, 3.8) is 0 Å². The molecular weight excluding hydrogens is 340 g/mol. The van der Waals surface area contributed by atoms with Crippen LogP contribution in [0.3, 0.4) is 0 Å². The van der Waals surface area contributed by atoms with E-state index in [1.54, 1.807) is 12.1 Å². The van der Waals surface area contributed by atoms with Gasteiger partial charge in [0.2, 0.25) is 5.91 Å². The Kier molecular flexibility index (Phi) is 5.31. The fraction of sp³-hybridized carbons (Fsp3) is 0.273. The zero-order valence-corrected chi connectivity index (χ0v) is 15.6. The quantitative estimate of drug-likeness (QED) is 0.599. The van der Waals surface area contributed by atoms with Gasteiger partial charge in [-0.1, -0.05) is 55.5 Å². The van der Waals surface area contributed by atoms with Crippen molar-refractivity contribution in [3.05, 3.63) is 71.4 Å². The van der Waals surface area contributed by atoms with E-state index in [4.69, 9.17) is 0 Å². The van der Waals surface area contributed by atoms with Crippen LogP contribution < -0.4 is 5.32 Å². The number of aryl methyl sites for hydroxylation is 1. The molecule has 1 heterocycles. The largest absolute Gasteiger partial charge is 0.481 e. The van der Waals surface area contributed by atoms with Gasteiger partial charge in [-0.15, -0.1) is 0 Å². The highest BCUT2D eigenvalue weighted by atomic mass is 16.4. The normalized spacial score (nSPS) is 13.3. The number of hydrogen-bond acceptors (Lipinski definition) is 2. The molecule has 0 aliphatic carbocycles. The third-order valence-electron chi connectivity index (χ3n) is 5.29. The lowest BCUT2D eigenvalue weighted by Crippen LogP contribution is -2.46. The van der Waals surface area contributed by atoms with Gasteiger partial charge in [0.25, 0.3) is 0 Å². The first-order valence-electron chi connectivity index (χ1n) is 9.09. The molecule has 3 aromatic rings. The van der Waals surface area contributed by atoms with Crippen molar-refractivity contribution in [2.75, 3.05) is 6.54 Å². The molecule has 5 heteroatoms. The van der Waals surface area contributed by atoms with Crippen molar-refractivity contribution < 1.29 is 14.7 Å². The van der Waals surface area contributed by atoms with Gasteiger partial charge in [-0.2, -0.15) is 0 Å². The molecule has 5 nitrogen and oxygen atoms in total. The maximum Gasteiger partial charge on any atom is 0.315 e. The minimum atomic E-state index is -1.13. The van der Waals surface area contributed by atoms with Gasteiger partial charge >= 0.3 is 5.97 Å². The summed E-state index contributed by atoms with van der Waals surface area (Å²) in [6.45, 7) is 3.91. The summed E-state index contributed by atoms with van der Waals surface area (Å²) in [6, 6.07) is 15.1. The topological polar surface area (TPSA) is 82.2 Å². The number of rotatable bonds is 7. The first-order valence-corrected chi connectivity index (χ1v) is 9.09. The van der Waals surface area contributed by atoms with E-state index < -0.39 is 11.4 Å². The van der Waals surface area contributed by atoms with E-state index in [-0.39, 0.29) is 18.9 Å². The summed E-state index contributed by atoms with van der Waals surface area (Å²) in [4.78, 5) is 27.8. The molecule has 0 radical (unpaired) electrons. The zero-order chi connectivity index (χ0) is 19.4. The fourth-order valence-corrected chi connectivity index (χ4v) is 3.53. The van der Waals surface area contributed by atoms with Crippen LogP contribution in [-0.4, -0.2) is 28.5 Å². The van der Waals surface area contributed by atoms with Crippen molar-refractivity contribution in [1.29, 1.82) is 0 Å². The number of para-hydroxylation sites is 1. The number of aliphatic carboxylic acids is 1. The fourth-order valence-electron chi connectivity index (χ4n) is 3.53. The molecule has 0 aliphatic rings. The predicted molar refractivity (Wildman–Crippen MR) is 106 cm³/mol. The molecule has 27 heavy (non-hydrogen) atoms. The molecule has 0 spiro atoms. The number of hydrogen-bond donors (Lipinski definition) is 3. The molecule has 3 rings (SSSR count). The van der Waals surface area contributed by atoms with Crippen LogP contribution in [0.1, 0.15) is 30.0 Å². The minimum absolute atomic E-state index is 0.0586. The third-order valence-corrected chi connectivity index (χ3v) is 5.29. The Bertz CT molecular complexity index is 962. The number of aromatic nitrogens is 1. The Morgan fingerprint density at radius 1 is 1.11 bits per heavy atom. The van der Waals surface area contributed by atoms with Crippen LogP contribution in [0.25, 0.3) is 10.9 Å². The lowest BCUT2D eigenvalue weighted by molar-refractivity contribution is -0.144. The maximum absolute atomic E-state index is 12.5. The van der Waals surface area contributed by atoms with Crippen LogP contribution >= 0.6 is 0 Å². The molecule has 140 valence electrons. The van der Waals surface area contributed by atoms with Crippen LogP contribution in [0.5, 0.6) is 0 Å². The number of H-pyrrole nitrogens is 1. The Balaban J connectivity index is 1.76. The summed E-state index contributed by atoms with van der Waals surface area (Å²) < 4.78 is 0. The minimum Gasteiger partial charge on any atom is -0.481 e. The number of carbonyl (C=O) groups is 2. The summed E-state index contributed by atoms with van der Waals surface area (Å²) in [6.07, 6.45) is 2.44. The predicted octanol–water partition coefficient (Wildman–Crippen LogP) is 3.57. The van der Waals surface area contributed by atoms with Crippen LogP contribution in [0.15, 0.2) is 54.7 Å². The lowest BCUT2D eigenvalue weighted by Gasteiger charge is -2.29. The van der Waals surface area contributed by atoms with Crippen LogP contribution in [0.4, 0.5) is 0 Å². The number of fused-ring (bicyclic) bond motifs is 1. The standard InChI is InChI=1S/C22H24N2O3/c1-3-22(21(26)27,17-9-5-4-6-10-17)14-24-19(25)12-16-13-23-20-15(2)8-7-11-18(16)20/h4-11,13,23H,3,12,14H2,1-2H3,(H,24,25)(H,26,27). The second-order valence-corrected chi connectivity index (χ2v) is 6.87. The highest BCUT2D eigenvalue weighted by Gasteiger charge is 2.38. The summed E-state index contributed by atoms with van der Waals surface area (Å²) in [5.41, 5.74) is 2.62. The van der Waals surface area contributed by atoms with Gasteiger partial charge in [0.05, 0.1) is 6.42 Å². The maximum atomic E-state index is 12.5. The number of carboxylic acid groups (broad SMARTS) is 1. The van der Waals surface area contributed by atoms with E-state index in [1.807, 2.05) is 56.4 Å². The van der Waals surface area contributed by atoms with E-state index >= 15 is 0 Å². The van der Waals surface area contributed by atoms with Gasteiger partial charge in [-0.25, -0.2) is 0 Å². The van der Waals surface area contributed by atoms with Crippen molar-refractivity contribution in [2.24, 2.45) is 0 Å². The van der Waals surface area contributed by atoms with E-state index in [9.17, 15) is 14.7 Å². The molecule has 3 N–H and O–H groups in total. The van der Waals surface area contributed by atoms with Crippen molar-refractivity contribution in [3.8, 4) is 0 Å². The van der Waals surface area contributed by atoms with E-state index in [0.717, 1.165) is 22.0 Å². The molecule has 1 aromatic heterocycles. The van der Waals surface area contributed by atoms with Crippen molar-refractivity contribution in [2.45, 2.75) is 32.1 Å². The SMILES string of the molecule is CCC(CNC(=O)Cc1c[nH]c2c(C)cccc12)(C(=O)O)c1ccccc1. The number of nitrogens with one attached hydrogen (secondary N) is 2. The van der Waals surface area contributed by atoms with E-state index in [2.05, 4.69) is 10.3 Å². The Hall–Kier alpha value is -3.08. The molecule has 2 aromatic carbocycles. The van der Waals surface area contributed by atoms with Gasteiger partial charge in [0, 0.05) is 23.6 Å². The molecule has 0 bridgehead atoms. The summed E-state index contributed by atoms with van der Waals surface area (Å²) in [5, 5.41) is 13.7. The second kappa shape index (κ2) is 7.66. The Morgan fingerprint density at radius 3 is 2.52 bits per heavy atom. The molecular formula is C22H24N2O3. The molecule has 0 saturated heterocycles. The van der Waals surface area contributed by atoms with E-state index in [1.165, 1.54) is 0 Å². The highest BCUT2D eigenvalue weighted by molar-refractivity contribution is 5.91. The first kappa shape index (κ1) is 18.7. The molecule has 0 saturated carbocycles. The highest BCUT2D eigenvalue weighted by Crippen LogP contribution is 2.28. The smallest absolute Gasteiger partial charge is 0.315 e. The number of amides is 1. The zero-order valence-electron chi connectivity index (χ0n) is 15.6. The van der Waals surface area contributed by atoms with Crippen LogP contribution in [0.2, 0.25) is 0 Å². The molecule has 0 fully saturated rings. The Morgan fingerprint density at radius 2 is 1.85 bits per heavy atom. The molecule has 0 aliphatic heterocycles. The van der Waals surface area contributed by atoms with Gasteiger partial charge in [-0.3, -0.25) is 9.59 Å². The average molecular weight is 364 g/mol. The lowest BCUT2D eigenvalue weighted by atomic mass is 9.78. The summed E-state index contributed by atoms with van der Waals surface area (Å²) in [7, 11) is 0. The molecule has 1 unspecified atom stereocenters. The van der Waals surface area contributed by atoms with Crippen LogP contribution in [-0.2, 0) is 21.4 Å². The van der Waals surface area contributed by atoms with Gasteiger partial charge in [-0.05, 0) is 30.0 Å². The molecule has 1 atom stereocenters. The van der Waals surface area contributed by atoms with Gasteiger partial charge in [0.1, 0.15) is 5.41 Å². The first-order chi connectivity index (χ1) is 13.0. The number of carboxylic acids is 1.